The highest BCUT2D eigenvalue weighted by Crippen LogP contribution is 2.18. The van der Waals surface area contributed by atoms with Crippen molar-refractivity contribution in [1.82, 2.24) is 10.2 Å². The van der Waals surface area contributed by atoms with Crippen LogP contribution >= 0.6 is 0 Å². The van der Waals surface area contributed by atoms with Crippen LogP contribution in [-0.2, 0) is 22.6 Å². The number of carbonyl (C=O) groups is 1. The van der Waals surface area contributed by atoms with Gasteiger partial charge in [-0.25, -0.2) is 0 Å². The first kappa shape index (κ1) is 25.1. The number of rotatable bonds is 13. The Balaban J connectivity index is 2.28. The summed E-state index contributed by atoms with van der Waals surface area (Å²) in [5, 5.41) is 14.5. The van der Waals surface area contributed by atoms with Crippen LogP contribution in [-0.4, -0.2) is 47.8 Å². The predicted octanol–water partition coefficient (Wildman–Crippen LogP) is 4.01. The van der Waals surface area contributed by atoms with Crippen LogP contribution in [0.2, 0.25) is 0 Å². The first-order valence-electron chi connectivity index (χ1n) is 11.3. The molecule has 31 heavy (non-hydrogen) atoms. The molecule has 0 amide bonds. The standard InChI is InChI=1S/C26H38N2O3/c1-5-12-24(29)23(17-27-25(20(2)3)26(30)31-4)28(18-21-13-8-6-9-14-21)19-22-15-10-7-11-16-22/h6-11,13-16,20,23-25,27,29H,5,12,17-19H2,1-4H3/t23-,24+,25+/m1/s1. The van der Waals surface area contributed by atoms with Crippen molar-refractivity contribution in [3.8, 4) is 0 Å². The van der Waals surface area contributed by atoms with Crippen LogP contribution in [0, 0.1) is 5.92 Å². The molecule has 5 heteroatoms. The van der Waals surface area contributed by atoms with Gasteiger partial charge in [0, 0.05) is 25.7 Å². The number of methoxy groups -OCH3 is 1. The monoisotopic (exact) mass is 426 g/mol. The first-order chi connectivity index (χ1) is 15.0. The number of nitrogens with zero attached hydrogens (tertiary/aromatic N) is 1. The van der Waals surface area contributed by atoms with E-state index in [0.717, 1.165) is 6.42 Å². The molecule has 0 aliphatic carbocycles. The zero-order chi connectivity index (χ0) is 22.6. The SMILES string of the molecule is CCC[C@H](O)[C@@H](CN[C@H](C(=O)OC)C(C)C)N(Cc1ccccc1)Cc1ccccc1. The Bertz CT molecular complexity index is 710. The Morgan fingerprint density at radius 3 is 1.94 bits per heavy atom. The quantitative estimate of drug-likeness (QED) is 0.474. The molecule has 0 unspecified atom stereocenters. The summed E-state index contributed by atoms with van der Waals surface area (Å²) >= 11 is 0. The molecular formula is C26H38N2O3. The van der Waals surface area contributed by atoms with E-state index in [0.29, 0.717) is 26.1 Å². The van der Waals surface area contributed by atoms with E-state index in [1.807, 2.05) is 50.2 Å². The molecule has 0 saturated heterocycles. The van der Waals surface area contributed by atoms with Gasteiger partial charge in [0.25, 0.3) is 0 Å². The third-order valence-electron chi connectivity index (χ3n) is 5.62. The summed E-state index contributed by atoms with van der Waals surface area (Å²) in [6.45, 7) is 8.01. The molecule has 0 fully saturated rings. The summed E-state index contributed by atoms with van der Waals surface area (Å²) in [6, 6.07) is 20.1. The van der Waals surface area contributed by atoms with E-state index in [1.54, 1.807) is 0 Å². The third kappa shape index (κ3) is 8.09. The number of hydrogen-bond donors (Lipinski definition) is 2. The van der Waals surface area contributed by atoms with Crippen molar-refractivity contribution in [2.75, 3.05) is 13.7 Å². The van der Waals surface area contributed by atoms with Crippen molar-refractivity contribution < 1.29 is 14.6 Å². The van der Waals surface area contributed by atoms with E-state index in [-0.39, 0.29) is 17.9 Å². The fraction of sp³-hybridized carbons (Fsp3) is 0.500. The highest BCUT2D eigenvalue weighted by molar-refractivity contribution is 5.75. The summed E-state index contributed by atoms with van der Waals surface area (Å²) in [7, 11) is 1.42. The molecule has 170 valence electrons. The van der Waals surface area contributed by atoms with Gasteiger partial charge >= 0.3 is 5.97 Å². The summed E-state index contributed by atoms with van der Waals surface area (Å²) in [6.07, 6.45) is 1.10. The number of carbonyl (C=O) groups excluding carboxylic acids is 1. The number of aliphatic hydroxyl groups excluding tert-OH is 1. The topological polar surface area (TPSA) is 61.8 Å². The van der Waals surface area contributed by atoms with E-state index in [9.17, 15) is 9.90 Å². The van der Waals surface area contributed by atoms with Crippen molar-refractivity contribution in [2.45, 2.75) is 64.9 Å². The van der Waals surface area contributed by atoms with Gasteiger partial charge in [-0.05, 0) is 23.5 Å². The van der Waals surface area contributed by atoms with E-state index < -0.39 is 12.1 Å². The van der Waals surface area contributed by atoms with Crippen LogP contribution in [0.3, 0.4) is 0 Å². The van der Waals surface area contributed by atoms with Crippen molar-refractivity contribution in [1.29, 1.82) is 0 Å². The summed E-state index contributed by atoms with van der Waals surface area (Å²) in [5.41, 5.74) is 2.39. The molecule has 2 rings (SSSR count). The van der Waals surface area contributed by atoms with Crippen LogP contribution in [0.25, 0.3) is 0 Å². The van der Waals surface area contributed by atoms with Crippen LogP contribution in [0.5, 0.6) is 0 Å². The summed E-state index contributed by atoms with van der Waals surface area (Å²) in [5.74, 6) is -0.176. The molecule has 0 heterocycles. The van der Waals surface area contributed by atoms with Gasteiger partial charge in [0.05, 0.1) is 13.2 Å². The Morgan fingerprint density at radius 2 is 1.52 bits per heavy atom. The summed E-state index contributed by atoms with van der Waals surface area (Å²) in [4.78, 5) is 14.6. The second-order valence-electron chi connectivity index (χ2n) is 8.45. The lowest BCUT2D eigenvalue weighted by Gasteiger charge is -2.36. The lowest BCUT2D eigenvalue weighted by Crippen LogP contribution is -2.53. The number of ether oxygens (including phenoxy) is 1. The maximum absolute atomic E-state index is 12.3. The van der Waals surface area contributed by atoms with E-state index in [2.05, 4.69) is 41.4 Å². The number of benzene rings is 2. The molecule has 2 aromatic rings. The highest BCUT2D eigenvalue weighted by Gasteiger charge is 2.29. The molecule has 2 aromatic carbocycles. The summed E-state index contributed by atoms with van der Waals surface area (Å²) < 4.78 is 4.99. The molecule has 0 spiro atoms. The third-order valence-corrected chi connectivity index (χ3v) is 5.62. The smallest absolute Gasteiger partial charge is 0.323 e. The Hall–Kier alpha value is -2.21. The fourth-order valence-corrected chi connectivity index (χ4v) is 3.89. The minimum Gasteiger partial charge on any atom is -0.468 e. The maximum atomic E-state index is 12.3. The lowest BCUT2D eigenvalue weighted by atomic mass is 10.00. The molecule has 2 N–H and O–H groups in total. The number of aliphatic hydroxyl groups is 1. The number of hydrogen-bond acceptors (Lipinski definition) is 5. The van der Waals surface area contributed by atoms with E-state index in [1.165, 1.54) is 18.2 Å². The van der Waals surface area contributed by atoms with Crippen LogP contribution < -0.4 is 5.32 Å². The number of nitrogens with one attached hydrogen (secondary N) is 1. The van der Waals surface area contributed by atoms with Crippen molar-refractivity contribution in [3.05, 3.63) is 71.8 Å². The fourth-order valence-electron chi connectivity index (χ4n) is 3.89. The van der Waals surface area contributed by atoms with E-state index in [4.69, 9.17) is 4.74 Å². The zero-order valence-corrected chi connectivity index (χ0v) is 19.3. The van der Waals surface area contributed by atoms with Gasteiger partial charge in [-0.15, -0.1) is 0 Å². The second-order valence-corrected chi connectivity index (χ2v) is 8.45. The predicted molar refractivity (Wildman–Crippen MR) is 125 cm³/mol. The van der Waals surface area contributed by atoms with Crippen molar-refractivity contribution >= 4 is 5.97 Å². The largest absolute Gasteiger partial charge is 0.468 e. The minimum atomic E-state index is -0.504. The maximum Gasteiger partial charge on any atom is 0.323 e. The van der Waals surface area contributed by atoms with Gasteiger partial charge in [0.15, 0.2) is 0 Å². The minimum absolute atomic E-state index is 0.0908. The molecule has 0 radical (unpaired) electrons. The molecule has 5 nitrogen and oxygen atoms in total. The Labute approximate surface area is 187 Å². The van der Waals surface area contributed by atoms with Crippen molar-refractivity contribution in [3.63, 3.8) is 0 Å². The van der Waals surface area contributed by atoms with Crippen LogP contribution in [0.1, 0.15) is 44.7 Å². The normalized spacial score (nSPS) is 14.4. The first-order valence-corrected chi connectivity index (χ1v) is 11.3. The zero-order valence-electron chi connectivity index (χ0n) is 19.3. The van der Waals surface area contributed by atoms with Gasteiger partial charge in [-0.1, -0.05) is 87.9 Å². The molecule has 0 aliphatic heterocycles. The van der Waals surface area contributed by atoms with E-state index >= 15 is 0 Å². The van der Waals surface area contributed by atoms with Gasteiger partial charge in [0.2, 0.25) is 0 Å². The highest BCUT2D eigenvalue weighted by atomic mass is 16.5. The Morgan fingerprint density at radius 1 is 1.00 bits per heavy atom. The molecule has 0 aliphatic rings. The molecule has 0 bridgehead atoms. The average molecular weight is 427 g/mol. The van der Waals surface area contributed by atoms with Crippen molar-refractivity contribution in [2.24, 2.45) is 5.92 Å². The lowest BCUT2D eigenvalue weighted by molar-refractivity contribution is -0.144. The average Bonchev–Trinajstić information content (AvgIpc) is 2.77. The van der Waals surface area contributed by atoms with Crippen LogP contribution in [0.4, 0.5) is 0 Å². The number of esters is 1. The molecular weight excluding hydrogens is 388 g/mol. The van der Waals surface area contributed by atoms with Gasteiger partial charge < -0.3 is 15.2 Å². The molecule has 3 atom stereocenters. The van der Waals surface area contributed by atoms with Gasteiger partial charge in [-0.2, -0.15) is 0 Å². The second kappa shape index (κ2) is 13.3. The molecule has 0 aromatic heterocycles. The van der Waals surface area contributed by atoms with Gasteiger partial charge in [-0.3, -0.25) is 9.69 Å². The van der Waals surface area contributed by atoms with Crippen LogP contribution in [0.15, 0.2) is 60.7 Å². The Kier molecular flexibility index (Phi) is 10.7. The molecule has 0 saturated carbocycles. The van der Waals surface area contributed by atoms with Gasteiger partial charge in [0.1, 0.15) is 6.04 Å².